The van der Waals surface area contributed by atoms with Crippen LogP contribution in [0, 0.1) is 5.92 Å². The Bertz CT molecular complexity index is 203. The molecule has 16 heavy (non-hydrogen) atoms. The third-order valence-electron chi connectivity index (χ3n) is 4.62. The van der Waals surface area contributed by atoms with Gasteiger partial charge in [-0.25, -0.2) is 0 Å². The SMILES string of the molecule is CC(NC1CCN(C(C)C)CC1)C1CCC1. The topological polar surface area (TPSA) is 15.3 Å². The first-order valence-corrected chi connectivity index (χ1v) is 7.17. The second-order valence-corrected chi connectivity index (χ2v) is 6.05. The maximum absolute atomic E-state index is 3.85. The first kappa shape index (κ1) is 12.4. The van der Waals surface area contributed by atoms with Crippen LogP contribution in [-0.2, 0) is 0 Å². The zero-order valence-electron chi connectivity index (χ0n) is 11.2. The monoisotopic (exact) mass is 224 g/mol. The third kappa shape index (κ3) is 2.98. The molecule has 94 valence electrons. The zero-order valence-corrected chi connectivity index (χ0v) is 11.2. The summed E-state index contributed by atoms with van der Waals surface area (Å²) in [5.41, 5.74) is 0. The third-order valence-corrected chi connectivity index (χ3v) is 4.62. The van der Waals surface area contributed by atoms with E-state index in [9.17, 15) is 0 Å². The molecule has 0 amide bonds. The van der Waals surface area contributed by atoms with Gasteiger partial charge in [-0.3, -0.25) is 0 Å². The summed E-state index contributed by atoms with van der Waals surface area (Å²) < 4.78 is 0. The van der Waals surface area contributed by atoms with Gasteiger partial charge in [0.15, 0.2) is 0 Å². The Balaban J connectivity index is 1.68. The Hall–Kier alpha value is -0.0800. The smallest absolute Gasteiger partial charge is 0.00940 e. The van der Waals surface area contributed by atoms with E-state index in [-0.39, 0.29) is 0 Å². The molecule has 0 bridgehead atoms. The highest BCUT2D eigenvalue weighted by Crippen LogP contribution is 2.30. The minimum absolute atomic E-state index is 0.727. The highest BCUT2D eigenvalue weighted by molar-refractivity contribution is 4.85. The zero-order chi connectivity index (χ0) is 11.5. The molecule has 1 unspecified atom stereocenters. The van der Waals surface area contributed by atoms with E-state index in [0.717, 1.165) is 24.0 Å². The van der Waals surface area contributed by atoms with E-state index < -0.39 is 0 Å². The van der Waals surface area contributed by atoms with Crippen molar-refractivity contribution in [1.29, 1.82) is 0 Å². The molecule has 1 aliphatic heterocycles. The van der Waals surface area contributed by atoms with Gasteiger partial charge < -0.3 is 10.2 Å². The molecule has 1 saturated heterocycles. The lowest BCUT2D eigenvalue weighted by molar-refractivity contribution is 0.142. The molecule has 1 heterocycles. The molecule has 0 aromatic heterocycles. The lowest BCUT2D eigenvalue weighted by Gasteiger charge is -2.39. The van der Waals surface area contributed by atoms with E-state index >= 15 is 0 Å². The average molecular weight is 224 g/mol. The molecule has 0 aromatic rings. The van der Waals surface area contributed by atoms with Gasteiger partial charge in [-0.1, -0.05) is 6.42 Å². The number of nitrogens with zero attached hydrogens (tertiary/aromatic N) is 1. The number of likely N-dealkylation sites (tertiary alicyclic amines) is 1. The Labute approximate surface area is 101 Å². The van der Waals surface area contributed by atoms with Crippen molar-refractivity contribution in [3.8, 4) is 0 Å². The van der Waals surface area contributed by atoms with Crippen LogP contribution in [0.25, 0.3) is 0 Å². The van der Waals surface area contributed by atoms with Crippen LogP contribution in [0.15, 0.2) is 0 Å². The van der Waals surface area contributed by atoms with Gasteiger partial charge in [0.2, 0.25) is 0 Å². The van der Waals surface area contributed by atoms with Crippen LogP contribution in [0.1, 0.15) is 52.9 Å². The number of hydrogen-bond donors (Lipinski definition) is 1. The predicted octanol–water partition coefficient (Wildman–Crippen LogP) is 2.64. The van der Waals surface area contributed by atoms with Gasteiger partial charge in [-0.15, -0.1) is 0 Å². The molecule has 2 fully saturated rings. The highest BCUT2D eigenvalue weighted by Gasteiger charge is 2.27. The normalized spacial score (nSPS) is 27.0. The minimum atomic E-state index is 0.727. The van der Waals surface area contributed by atoms with Crippen molar-refractivity contribution in [1.82, 2.24) is 10.2 Å². The van der Waals surface area contributed by atoms with Crippen LogP contribution in [0.4, 0.5) is 0 Å². The summed E-state index contributed by atoms with van der Waals surface area (Å²) in [4.78, 5) is 2.60. The molecule has 2 rings (SSSR count). The summed E-state index contributed by atoms with van der Waals surface area (Å²) >= 11 is 0. The lowest BCUT2D eigenvalue weighted by Crippen LogP contribution is -2.49. The highest BCUT2D eigenvalue weighted by atomic mass is 15.2. The molecule has 2 heteroatoms. The molecule has 2 aliphatic rings. The van der Waals surface area contributed by atoms with E-state index in [1.54, 1.807) is 0 Å². The molecule has 0 spiro atoms. The molecular weight excluding hydrogens is 196 g/mol. The van der Waals surface area contributed by atoms with Crippen molar-refractivity contribution >= 4 is 0 Å². The first-order chi connectivity index (χ1) is 7.66. The Kier molecular flexibility index (Phi) is 4.26. The van der Waals surface area contributed by atoms with E-state index in [4.69, 9.17) is 0 Å². The molecule has 1 atom stereocenters. The Morgan fingerprint density at radius 1 is 1.00 bits per heavy atom. The van der Waals surface area contributed by atoms with Crippen molar-refractivity contribution in [2.75, 3.05) is 13.1 Å². The average Bonchev–Trinajstić information content (AvgIpc) is 2.15. The quantitative estimate of drug-likeness (QED) is 0.790. The number of hydrogen-bond acceptors (Lipinski definition) is 2. The molecule has 1 saturated carbocycles. The number of piperidine rings is 1. The van der Waals surface area contributed by atoms with Gasteiger partial charge in [-0.05, 0) is 65.5 Å². The van der Waals surface area contributed by atoms with Gasteiger partial charge in [0, 0.05) is 18.1 Å². The van der Waals surface area contributed by atoms with Gasteiger partial charge >= 0.3 is 0 Å². The van der Waals surface area contributed by atoms with Crippen LogP contribution in [0.3, 0.4) is 0 Å². The van der Waals surface area contributed by atoms with Crippen LogP contribution in [0.5, 0.6) is 0 Å². The largest absolute Gasteiger partial charge is 0.311 e. The fourth-order valence-electron chi connectivity index (χ4n) is 3.03. The van der Waals surface area contributed by atoms with E-state index in [1.807, 2.05) is 0 Å². The number of rotatable bonds is 4. The van der Waals surface area contributed by atoms with Crippen LogP contribution < -0.4 is 5.32 Å². The van der Waals surface area contributed by atoms with Gasteiger partial charge in [0.25, 0.3) is 0 Å². The van der Waals surface area contributed by atoms with Gasteiger partial charge in [0.1, 0.15) is 0 Å². The molecule has 0 aromatic carbocycles. The van der Waals surface area contributed by atoms with Crippen LogP contribution >= 0.6 is 0 Å². The van der Waals surface area contributed by atoms with Gasteiger partial charge in [0.05, 0.1) is 0 Å². The second-order valence-electron chi connectivity index (χ2n) is 6.05. The standard InChI is InChI=1S/C14H28N2/c1-11(2)16-9-7-14(8-10-16)15-12(3)13-5-4-6-13/h11-15H,4-10H2,1-3H3. The maximum atomic E-state index is 3.85. The summed E-state index contributed by atoms with van der Waals surface area (Å²) in [5, 5.41) is 3.85. The second kappa shape index (κ2) is 5.50. The molecular formula is C14H28N2. The molecule has 1 N–H and O–H groups in total. The van der Waals surface area contributed by atoms with Crippen LogP contribution in [-0.4, -0.2) is 36.1 Å². The predicted molar refractivity (Wildman–Crippen MR) is 69.7 cm³/mol. The molecule has 1 aliphatic carbocycles. The van der Waals surface area contributed by atoms with Crippen LogP contribution in [0.2, 0.25) is 0 Å². The van der Waals surface area contributed by atoms with Crippen molar-refractivity contribution in [3.05, 3.63) is 0 Å². The fourth-order valence-corrected chi connectivity index (χ4v) is 3.03. The summed E-state index contributed by atoms with van der Waals surface area (Å²) in [7, 11) is 0. The van der Waals surface area contributed by atoms with Crippen molar-refractivity contribution in [2.24, 2.45) is 5.92 Å². The summed E-state index contributed by atoms with van der Waals surface area (Å²) in [6.07, 6.45) is 7.06. The van der Waals surface area contributed by atoms with Crippen molar-refractivity contribution < 1.29 is 0 Å². The van der Waals surface area contributed by atoms with E-state index in [2.05, 4.69) is 31.0 Å². The summed E-state index contributed by atoms with van der Waals surface area (Å²) in [6.45, 7) is 9.58. The van der Waals surface area contributed by atoms with Crippen molar-refractivity contribution in [2.45, 2.75) is 71.0 Å². The first-order valence-electron chi connectivity index (χ1n) is 7.17. The molecule has 2 nitrogen and oxygen atoms in total. The Morgan fingerprint density at radius 3 is 2.06 bits per heavy atom. The van der Waals surface area contributed by atoms with Gasteiger partial charge in [-0.2, -0.15) is 0 Å². The molecule has 0 radical (unpaired) electrons. The summed E-state index contributed by atoms with van der Waals surface area (Å²) in [5.74, 6) is 0.975. The van der Waals surface area contributed by atoms with Crippen molar-refractivity contribution in [3.63, 3.8) is 0 Å². The maximum Gasteiger partial charge on any atom is 0.00940 e. The minimum Gasteiger partial charge on any atom is -0.311 e. The van der Waals surface area contributed by atoms with E-state index in [0.29, 0.717) is 0 Å². The van der Waals surface area contributed by atoms with E-state index in [1.165, 1.54) is 45.2 Å². The summed E-state index contributed by atoms with van der Waals surface area (Å²) in [6, 6.07) is 2.26. The Morgan fingerprint density at radius 2 is 1.62 bits per heavy atom. The fraction of sp³-hybridized carbons (Fsp3) is 1.00. The number of nitrogens with one attached hydrogen (secondary N) is 1. The lowest BCUT2D eigenvalue weighted by atomic mass is 9.80.